The number of nitrogens with two attached hydrogens (primary N) is 1. The number of nitrogens with one attached hydrogen (secondary N) is 1. The first-order valence-corrected chi connectivity index (χ1v) is 8.59. The topological polar surface area (TPSA) is 89.3 Å². The van der Waals surface area contributed by atoms with Gasteiger partial charge in [0.15, 0.2) is 0 Å². The summed E-state index contributed by atoms with van der Waals surface area (Å²) in [7, 11) is -3.10. The largest absolute Gasteiger partial charge is 0.325 e. The standard InChI is InChI=1S/C14H22N2O3S/c1-10(2)11-4-6-12(7-5-11)16-14(17)13(15)8-9-20(3,18)19/h4-7,10,13H,8-9,15H2,1-3H3,(H,16,17). The zero-order chi connectivity index (χ0) is 15.3. The van der Waals surface area contributed by atoms with Gasteiger partial charge in [-0.2, -0.15) is 0 Å². The third-order valence-corrected chi connectivity index (χ3v) is 3.96. The summed E-state index contributed by atoms with van der Waals surface area (Å²) in [6.07, 6.45) is 1.25. The van der Waals surface area contributed by atoms with Gasteiger partial charge in [0.2, 0.25) is 5.91 Å². The molecular formula is C14H22N2O3S. The monoisotopic (exact) mass is 298 g/mol. The first-order chi connectivity index (χ1) is 9.19. The lowest BCUT2D eigenvalue weighted by Gasteiger charge is -2.12. The van der Waals surface area contributed by atoms with Crippen molar-refractivity contribution in [1.29, 1.82) is 0 Å². The second-order valence-corrected chi connectivity index (χ2v) is 7.55. The van der Waals surface area contributed by atoms with Gasteiger partial charge in [0.05, 0.1) is 11.8 Å². The van der Waals surface area contributed by atoms with E-state index in [9.17, 15) is 13.2 Å². The summed E-state index contributed by atoms with van der Waals surface area (Å²) in [6.45, 7) is 4.18. The van der Waals surface area contributed by atoms with Crippen molar-refractivity contribution in [2.24, 2.45) is 5.73 Å². The highest BCUT2D eigenvalue weighted by atomic mass is 32.2. The summed E-state index contributed by atoms with van der Waals surface area (Å²) in [5.74, 6) is -0.0313. The molecule has 0 radical (unpaired) electrons. The Hall–Kier alpha value is -1.40. The smallest absolute Gasteiger partial charge is 0.241 e. The molecular weight excluding hydrogens is 276 g/mol. The Morgan fingerprint density at radius 1 is 1.25 bits per heavy atom. The van der Waals surface area contributed by atoms with Crippen LogP contribution >= 0.6 is 0 Å². The lowest BCUT2D eigenvalue weighted by Crippen LogP contribution is -2.37. The lowest BCUT2D eigenvalue weighted by molar-refractivity contribution is -0.117. The average molecular weight is 298 g/mol. The number of rotatable bonds is 6. The van der Waals surface area contributed by atoms with Crippen LogP contribution in [0.4, 0.5) is 5.69 Å². The van der Waals surface area contributed by atoms with Crippen LogP contribution in [0, 0.1) is 0 Å². The minimum absolute atomic E-state index is 0.0894. The quantitative estimate of drug-likeness (QED) is 0.833. The Labute approximate surface area is 120 Å². The highest BCUT2D eigenvalue weighted by molar-refractivity contribution is 7.90. The summed E-state index contributed by atoms with van der Waals surface area (Å²) in [5, 5.41) is 2.69. The number of amides is 1. The molecule has 0 spiro atoms. The third kappa shape index (κ3) is 5.71. The summed E-state index contributed by atoms with van der Waals surface area (Å²) in [6, 6.07) is 6.70. The van der Waals surface area contributed by atoms with Crippen LogP contribution < -0.4 is 11.1 Å². The summed E-state index contributed by atoms with van der Waals surface area (Å²) in [5.41, 5.74) is 7.52. The van der Waals surface area contributed by atoms with E-state index in [2.05, 4.69) is 19.2 Å². The summed E-state index contributed by atoms with van der Waals surface area (Å²) < 4.78 is 22.1. The van der Waals surface area contributed by atoms with Gasteiger partial charge in [-0.1, -0.05) is 26.0 Å². The van der Waals surface area contributed by atoms with Crippen molar-refractivity contribution in [2.45, 2.75) is 32.2 Å². The van der Waals surface area contributed by atoms with Crippen LogP contribution in [-0.4, -0.2) is 32.4 Å². The van der Waals surface area contributed by atoms with Crippen molar-refractivity contribution in [3.05, 3.63) is 29.8 Å². The molecule has 0 saturated heterocycles. The van der Waals surface area contributed by atoms with Crippen molar-refractivity contribution in [1.82, 2.24) is 0 Å². The van der Waals surface area contributed by atoms with E-state index in [1.807, 2.05) is 24.3 Å². The molecule has 112 valence electrons. The van der Waals surface area contributed by atoms with Crippen LogP contribution in [0.1, 0.15) is 31.7 Å². The highest BCUT2D eigenvalue weighted by Gasteiger charge is 2.16. The van der Waals surface area contributed by atoms with E-state index in [1.165, 1.54) is 5.56 Å². The van der Waals surface area contributed by atoms with Gasteiger partial charge in [-0.05, 0) is 30.0 Å². The van der Waals surface area contributed by atoms with Crippen molar-refractivity contribution < 1.29 is 13.2 Å². The molecule has 0 aromatic heterocycles. The average Bonchev–Trinajstić information content (AvgIpc) is 2.35. The van der Waals surface area contributed by atoms with Gasteiger partial charge in [0.25, 0.3) is 0 Å². The maximum Gasteiger partial charge on any atom is 0.241 e. The number of hydrogen-bond donors (Lipinski definition) is 2. The fourth-order valence-electron chi connectivity index (χ4n) is 1.66. The highest BCUT2D eigenvalue weighted by Crippen LogP contribution is 2.17. The fourth-order valence-corrected chi connectivity index (χ4v) is 2.34. The minimum Gasteiger partial charge on any atom is -0.325 e. The Kier molecular flexibility index (Phi) is 5.71. The van der Waals surface area contributed by atoms with E-state index in [1.54, 1.807) is 0 Å². The molecule has 1 atom stereocenters. The number of sulfone groups is 1. The number of carbonyl (C=O) groups excluding carboxylic acids is 1. The molecule has 0 fully saturated rings. The van der Waals surface area contributed by atoms with Gasteiger partial charge in [0.1, 0.15) is 9.84 Å². The van der Waals surface area contributed by atoms with Gasteiger partial charge in [0, 0.05) is 11.9 Å². The molecule has 1 unspecified atom stereocenters. The van der Waals surface area contributed by atoms with Crippen molar-refractivity contribution >= 4 is 21.4 Å². The lowest BCUT2D eigenvalue weighted by atomic mass is 10.0. The Morgan fingerprint density at radius 2 is 1.80 bits per heavy atom. The second kappa shape index (κ2) is 6.85. The molecule has 1 aromatic carbocycles. The molecule has 0 bridgehead atoms. The van der Waals surface area contributed by atoms with Crippen molar-refractivity contribution in [3.63, 3.8) is 0 Å². The zero-order valence-electron chi connectivity index (χ0n) is 12.1. The van der Waals surface area contributed by atoms with E-state index < -0.39 is 15.9 Å². The molecule has 0 saturated carbocycles. The number of carbonyl (C=O) groups is 1. The number of benzene rings is 1. The summed E-state index contributed by atoms with van der Waals surface area (Å²) in [4.78, 5) is 11.8. The first-order valence-electron chi connectivity index (χ1n) is 6.53. The maximum atomic E-state index is 11.8. The van der Waals surface area contributed by atoms with Gasteiger partial charge in [-0.3, -0.25) is 4.79 Å². The molecule has 5 nitrogen and oxygen atoms in total. The van der Waals surface area contributed by atoms with E-state index in [-0.39, 0.29) is 18.1 Å². The molecule has 0 heterocycles. The molecule has 1 amide bonds. The maximum absolute atomic E-state index is 11.8. The molecule has 6 heteroatoms. The summed E-state index contributed by atoms with van der Waals surface area (Å²) >= 11 is 0. The Morgan fingerprint density at radius 3 is 2.25 bits per heavy atom. The van der Waals surface area contributed by atoms with Gasteiger partial charge >= 0.3 is 0 Å². The Balaban J connectivity index is 2.57. The van der Waals surface area contributed by atoms with E-state index in [0.29, 0.717) is 11.6 Å². The minimum atomic E-state index is -3.10. The SMILES string of the molecule is CC(C)c1ccc(NC(=O)C(N)CCS(C)(=O)=O)cc1. The second-order valence-electron chi connectivity index (χ2n) is 5.29. The van der Waals surface area contributed by atoms with Crippen LogP contribution in [0.25, 0.3) is 0 Å². The fraction of sp³-hybridized carbons (Fsp3) is 0.500. The predicted octanol–water partition coefficient (Wildman–Crippen LogP) is 1.51. The molecule has 0 aliphatic carbocycles. The number of hydrogen-bond acceptors (Lipinski definition) is 4. The van der Waals surface area contributed by atoms with Crippen LogP contribution in [0.2, 0.25) is 0 Å². The van der Waals surface area contributed by atoms with Gasteiger partial charge < -0.3 is 11.1 Å². The molecule has 3 N–H and O–H groups in total. The van der Waals surface area contributed by atoms with Crippen LogP contribution in [0.15, 0.2) is 24.3 Å². The number of anilines is 1. The van der Waals surface area contributed by atoms with Crippen LogP contribution in [-0.2, 0) is 14.6 Å². The molecule has 0 aliphatic heterocycles. The van der Waals surface area contributed by atoms with E-state index in [0.717, 1.165) is 6.26 Å². The van der Waals surface area contributed by atoms with E-state index >= 15 is 0 Å². The molecule has 1 aromatic rings. The van der Waals surface area contributed by atoms with Crippen LogP contribution in [0.5, 0.6) is 0 Å². The van der Waals surface area contributed by atoms with E-state index in [4.69, 9.17) is 5.73 Å². The molecule has 0 aliphatic rings. The van der Waals surface area contributed by atoms with Gasteiger partial charge in [-0.25, -0.2) is 8.42 Å². The van der Waals surface area contributed by atoms with Crippen LogP contribution in [0.3, 0.4) is 0 Å². The predicted molar refractivity (Wildman–Crippen MR) is 81.5 cm³/mol. The first kappa shape index (κ1) is 16.7. The zero-order valence-corrected chi connectivity index (χ0v) is 12.9. The Bertz CT molecular complexity index is 550. The molecule has 1 rings (SSSR count). The van der Waals surface area contributed by atoms with Crippen molar-refractivity contribution in [3.8, 4) is 0 Å². The van der Waals surface area contributed by atoms with Gasteiger partial charge in [-0.15, -0.1) is 0 Å². The molecule has 20 heavy (non-hydrogen) atoms. The third-order valence-electron chi connectivity index (χ3n) is 2.98. The van der Waals surface area contributed by atoms with Crippen molar-refractivity contribution in [2.75, 3.05) is 17.3 Å². The normalized spacial score (nSPS) is 13.2.